The number of nitrogens with one attached hydrogen (secondary N) is 1. The third-order valence-electron chi connectivity index (χ3n) is 4.20. The Morgan fingerprint density at radius 2 is 1.92 bits per heavy atom. The fraction of sp³-hybridized carbons (Fsp3) is 0.350. The number of aromatic nitrogens is 1. The van der Waals surface area contributed by atoms with Gasteiger partial charge in [-0.2, -0.15) is 0 Å². The minimum atomic E-state index is -0.337. The zero-order valence-corrected chi connectivity index (χ0v) is 15.0. The van der Waals surface area contributed by atoms with Crippen molar-refractivity contribution in [3.63, 3.8) is 0 Å². The molecule has 2 aromatic rings. The van der Waals surface area contributed by atoms with Gasteiger partial charge in [0, 0.05) is 37.6 Å². The number of pyridine rings is 1. The lowest BCUT2D eigenvalue weighted by atomic mass is 10.1. The average Bonchev–Trinajstić information content (AvgIpc) is 2.98. The molecule has 1 fully saturated rings. The SMILES string of the molecule is CC(C)Oc1ccc(NC(=O)C2CC(=O)N(Cc3ccncc3)C2)cc1. The molecule has 0 bridgehead atoms. The predicted octanol–water partition coefficient (Wildman–Crippen LogP) is 2.86. The zero-order valence-electron chi connectivity index (χ0n) is 15.0. The van der Waals surface area contributed by atoms with Gasteiger partial charge in [-0.15, -0.1) is 0 Å². The monoisotopic (exact) mass is 353 g/mol. The van der Waals surface area contributed by atoms with Crippen LogP contribution >= 0.6 is 0 Å². The molecule has 1 unspecified atom stereocenters. The van der Waals surface area contributed by atoms with Crippen molar-refractivity contribution in [1.29, 1.82) is 0 Å². The molecule has 0 saturated carbocycles. The van der Waals surface area contributed by atoms with Crippen molar-refractivity contribution in [2.45, 2.75) is 32.9 Å². The molecule has 1 aromatic carbocycles. The predicted molar refractivity (Wildman–Crippen MR) is 98.6 cm³/mol. The van der Waals surface area contributed by atoms with Crippen LogP contribution < -0.4 is 10.1 Å². The van der Waals surface area contributed by atoms with Crippen molar-refractivity contribution < 1.29 is 14.3 Å². The van der Waals surface area contributed by atoms with Crippen molar-refractivity contribution >= 4 is 17.5 Å². The van der Waals surface area contributed by atoms with E-state index in [1.54, 1.807) is 29.4 Å². The van der Waals surface area contributed by atoms with E-state index in [-0.39, 0.29) is 30.3 Å². The van der Waals surface area contributed by atoms with Crippen molar-refractivity contribution in [3.8, 4) is 5.75 Å². The summed E-state index contributed by atoms with van der Waals surface area (Å²) in [5.41, 5.74) is 1.71. The largest absolute Gasteiger partial charge is 0.491 e. The molecule has 136 valence electrons. The van der Waals surface area contributed by atoms with Gasteiger partial charge >= 0.3 is 0 Å². The summed E-state index contributed by atoms with van der Waals surface area (Å²) in [5, 5.41) is 2.89. The molecular formula is C20H23N3O3. The summed E-state index contributed by atoms with van der Waals surface area (Å²) in [6.45, 7) is 4.86. The Balaban J connectivity index is 1.56. The van der Waals surface area contributed by atoms with Gasteiger partial charge in [0.05, 0.1) is 12.0 Å². The molecule has 26 heavy (non-hydrogen) atoms. The number of ether oxygens (including phenoxy) is 1. The van der Waals surface area contributed by atoms with E-state index < -0.39 is 0 Å². The van der Waals surface area contributed by atoms with Crippen LogP contribution in [0.15, 0.2) is 48.8 Å². The van der Waals surface area contributed by atoms with Crippen LogP contribution in [0.5, 0.6) is 5.75 Å². The molecule has 1 N–H and O–H groups in total. The molecule has 2 heterocycles. The lowest BCUT2D eigenvalue weighted by Crippen LogP contribution is -2.28. The smallest absolute Gasteiger partial charge is 0.229 e. The van der Waals surface area contributed by atoms with E-state index in [9.17, 15) is 9.59 Å². The maximum Gasteiger partial charge on any atom is 0.229 e. The molecule has 2 amide bonds. The first kappa shape index (κ1) is 17.9. The van der Waals surface area contributed by atoms with Crippen LogP contribution in [-0.4, -0.2) is 34.3 Å². The molecule has 1 saturated heterocycles. The highest BCUT2D eigenvalue weighted by atomic mass is 16.5. The molecule has 1 aliphatic rings. The first-order chi connectivity index (χ1) is 12.5. The highest BCUT2D eigenvalue weighted by Crippen LogP contribution is 2.23. The van der Waals surface area contributed by atoms with Crippen LogP contribution in [0.2, 0.25) is 0 Å². The number of nitrogens with zero attached hydrogens (tertiary/aromatic N) is 2. The van der Waals surface area contributed by atoms with Gasteiger partial charge in [-0.25, -0.2) is 0 Å². The summed E-state index contributed by atoms with van der Waals surface area (Å²) >= 11 is 0. The van der Waals surface area contributed by atoms with Crippen LogP contribution in [0.4, 0.5) is 5.69 Å². The average molecular weight is 353 g/mol. The Labute approximate surface area is 153 Å². The Bertz CT molecular complexity index is 760. The summed E-state index contributed by atoms with van der Waals surface area (Å²) in [6, 6.07) is 11.0. The van der Waals surface area contributed by atoms with E-state index in [4.69, 9.17) is 4.74 Å². The van der Waals surface area contributed by atoms with Crippen LogP contribution in [-0.2, 0) is 16.1 Å². The molecule has 1 aliphatic heterocycles. The number of likely N-dealkylation sites (tertiary alicyclic amines) is 1. The fourth-order valence-electron chi connectivity index (χ4n) is 2.94. The molecule has 1 aromatic heterocycles. The lowest BCUT2D eigenvalue weighted by molar-refractivity contribution is -0.128. The van der Waals surface area contributed by atoms with Gasteiger partial charge in [-0.05, 0) is 55.8 Å². The Morgan fingerprint density at radius 3 is 2.58 bits per heavy atom. The van der Waals surface area contributed by atoms with E-state index in [0.29, 0.717) is 18.8 Å². The van der Waals surface area contributed by atoms with Crippen molar-refractivity contribution in [2.75, 3.05) is 11.9 Å². The van der Waals surface area contributed by atoms with Crippen LogP contribution in [0.25, 0.3) is 0 Å². The molecule has 0 radical (unpaired) electrons. The zero-order chi connectivity index (χ0) is 18.5. The van der Waals surface area contributed by atoms with Gasteiger partial charge in [-0.3, -0.25) is 14.6 Å². The van der Waals surface area contributed by atoms with Gasteiger partial charge in [0.2, 0.25) is 11.8 Å². The quantitative estimate of drug-likeness (QED) is 0.867. The number of rotatable bonds is 6. The first-order valence-electron chi connectivity index (χ1n) is 8.75. The second-order valence-corrected chi connectivity index (χ2v) is 6.71. The molecular weight excluding hydrogens is 330 g/mol. The van der Waals surface area contributed by atoms with Gasteiger partial charge in [-0.1, -0.05) is 0 Å². The number of hydrogen-bond donors (Lipinski definition) is 1. The van der Waals surface area contributed by atoms with Gasteiger partial charge in [0.1, 0.15) is 5.75 Å². The second-order valence-electron chi connectivity index (χ2n) is 6.71. The summed E-state index contributed by atoms with van der Waals surface area (Å²) < 4.78 is 5.59. The van der Waals surface area contributed by atoms with E-state index in [2.05, 4.69) is 10.3 Å². The Kier molecular flexibility index (Phi) is 5.51. The topological polar surface area (TPSA) is 71.5 Å². The number of carbonyl (C=O) groups is 2. The number of anilines is 1. The Morgan fingerprint density at radius 1 is 1.23 bits per heavy atom. The van der Waals surface area contributed by atoms with Gasteiger partial charge in [0.25, 0.3) is 0 Å². The van der Waals surface area contributed by atoms with Crippen LogP contribution in [0.3, 0.4) is 0 Å². The lowest BCUT2D eigenvalue weighted by Gasteiger charge is -2.16. The molecule has 1 atom stereocenters. The number of hydrogen-bond acceptors (Lipinski definition) is 4. The van der Waals surface area contributed by atoms with Crippen molar-refractivity contribution in [2.24, 2.45) is 5.92 Å². The summed E-state index contributed by atoms with van der Waals surface area (Å²) in [5.74, 6) is 0.296. The van der Waals surface area contributed by atoms with E-state index in [1.165, 1.54) is 0 Å². The number of amides is 2. The molecule has 3 rings (SSSR count). The molecule has 6 nitrogen and oxygen atoms in total. The molecule has 0 spiro atoms. The highest BCUT2D eigenvalue weighted by Gasteiger charge is 2.34. The molecule has 0 aliphatic carbocycles. The summed E-state index contributed by atoms with van der Waals surface area (Å²) in [4.78, 5) is 30.4. The van der Waals surface area contributed by atoms with Crippen molar-refractivity contribution in [1.82, 2.24) is 9.88 Å². The number of carbonyl (C=O) groups excluding carboxylic acids is 2. The molecule has 6 heteroatoms. The first-order valence-corrected chi connectivity index (χ1v) is 8.75. The second kappa shape index (κ2) is 7.99. The third kappa shape index (κ3) is 4.59. The van der Waals surface area contributed by atoms with Crippen LogP contribution in [0, 0.1) is 5.92 Å². The highest BCUT2D eigenvalue weighted by molar-refractivity contribution is 5.97. The third-order valence-corrected chi connectivity index (χ3v) is 4.20. The maximum absolute atomic E-state index is 12.5. The van der Waals surface area contributed by atoms with Crippen molar-refractivity contribution in [3.05, 3.63) is 54.4 Å². The Hall–Kier alpha value is -2.89. The normalized spacial score (nSPS) is 16.8. The summed E-state index contributed by atoms with van der Waals surface area (Å²) in [7, 11) is 0. The van der Waals surface area contributed by atoms with E-state index in [1.807, 2.05) is 38.1 Å². The number of benzene rings is 1. The van der Waals surface area contributed by atoms with Gasteiger partial charge < -0.3 is 15.0 Å². The van der Waals surface area contributed by atoms with Crippen LogP contribution in [0.1, 0.15) is 25.8 Å². The minimum absolute atomic E-state index is 0.00245. The van der Waals surface area contributed by atoms with E-state index in [0.717, 1.165) is 11.3 Å². The fourth-order valence-corrected chi connectivity index (χ4v) is 2.94. The summed E-state index contributed by atoms with van der Waals surface area (Å²) in [6.07, 6.45) is 3.75. The van der Waals surface area contributed by atoms with Gasteiger partial charge in [0.15, 0.2) is 0 Å². The maximum atomic E-state index is 12.5. The standard InChI is InChI=1S/C20H23N3O3/c1-14(2)26-18-5-3-17(4-6-18)22-20(25)16-11-19(24)23(13-16)12-15-7-9-21-10-8-15/h3-10,14,16H,11-13H2,1-2H3,(H,22,25). The van der Waals surface area contributed by atoms with E-state index >= 15 is 0 Å². The minimum Gasteiger partial charge on any atom is -0.491 e.